The van der Waals surface area contributed by atoms with Gasteiger partial charge in [0.15, 0.2) is 5.76 Å². The molecule has 0 fully saturated rings. The molecule has 6 nitrogen and oxygen atoms in total. The normalized spacial score (nSPS) is 11.1. The number of carbonyl (C=O) groups excluding carboxylic acids is 1. The lowest BCUT2D eigenvalue weighted by Crippen LogP contribution is -2.16. The van der Waals surface area contributed by atoms with E-state index in [9.17, 15) is 4.79 Å². The van der Waals surface area contributed by atoms with Crippen LogP contribution in [0.5, 0.6) is 0 Å². The zero-order valence-electron chi connectivity index (χ0n) is 12.3. The van der Waals surface area contributed by atoms with Gasteiger partial charge in [0, 0.05) is 12.4 Å². The summed E-state index contributed by atoms with van der Waals surface area (Å²) in [6.45, 7) is 0.451. The first-order valence-electron chi connectivity index (χ1n) is 6.96. The van der Waals surface area contributed by atoms with Gasteiger partial charge in [0.25, 0.3) is 0 Å². The smallest absolute Gasteiger partial charge is 0.307 e. The van der Waals surface area contributed by atoms with Crippen LogP contribution in [0, 0.1) is 0 Å². The molecule has 0 saturated heterocycles. The highest BCUT2D eigenvalue weighted by Gasteiger charge is 2.10. The van der Waals surface area contributed by atoms with E-state index < -0.39 is 5.91 Å². The quantitative estimate of drug-likeness (QED) is 0.556. The van der Waals surface area contributed by atoms with Gasteiger partial charge in [-0.25, -0.2) is 5.43 Å². The molecule has 0 atom stereocenters. The third-order valence-electron chi connectivity index (χ3n) is 3.09. The molecule has 0 bridgehead atoms. The van der Waals surface area contributed by atoms with Crippen LogP contribution < -0.4 is 5.43 Å². The van der Waals surface area contributed by atoms with Gasteiger partial charge in [-0.3, -0.25) is 9.48 Å². The summed E-state index contributed by atoms with van der Waals surface area (Å²) in [4.78, 5) is 12.0. The van der Waals surface area contributed by atoms with Gasteiger partial charge < -0.3 is 4.42 Å². The van der Waals surface area contributed by atoms with E-state index in [1.54, 1.807) is 41.2 Å². The summed E-state index contributed by atoms with van der Waals surface area (Å²) in [7, 11) is 0. The Morgan fingerprint density at radius 2 is 2.17 bits per heavy atom. The molecule has 1 aromatic carbocycles. The largest absolute Gasteiger partial charge is 0.454 e. The molecule has 2 aromatic heterocycles. The number of benzene rings is 1. The summed E-state index contributed by atoms with van der Waals surface area (Å²) in [6.07, 6.45) is 4.95. The van der Waals surface area contributed by atoms with Crippen molar-refractivity contribution in [3.05, 3.63) is 75.9 Å². The number of furan rings is 1. The number of hydrazone groups is 1. The van der Waals surface area contributed by atoms with E-state index in [0.29, 0.717) is 27.9 Å². The summed E-state index contributed by atoms with van der Waals surface area (Å²) in [6, 6.07) is 10.2. The van der Waals surface area contributed by atoms with Crippen molar-refractivity contribution in [2.45, 2.75) is 6.54 Å². The molecule has 0 spiro atoms. The monoisotopic (exact) mass is 362 g/mol. The van der Waals surface area contributed by atoms with Crippen LogP contribution in [0.2, 0.25) is 10.0 Å². The highest BCUT2D eigenvalue weighted by molar-refractivity contribution is 6.42. The third-order valence-corrected chi connectivity index (χ3v) is 3.82. The van der Waals surface area contributed by atoms with E-state index in [1.165, 1.54) is 6.21 Å². The topological polar surface area (TPSA) is 72.4 Å². The number of rotatable bonds is 5. The Morgan fingerprint density at radius 3 is 2.92 bits per heavy atom. The van der Waals surface area contributed by atoms with Gasteiger partial charge in [0.05, 0.1) is 22.8 Å². The summed E-state index contributed by atoms with van der Waals surface area (Å²) in [5.74, 6) is 0.346. The Kier molecular flexibility index (Phi) is 4.98. The van der Waals surface area contributed by atoms with Gasteiger partial charge in [-0.2, -0.15) is 10.2 Å². The number of hydrogen-bond donors (Lipinski definition) is 1. The van der Waals surface area contributed by atoms with Gasteiger partial charge >= 0.3 is 5.91 Å². The van der Waals surface area contributed by atoms with Crippen LogP contribution in [0.25, 0.3) is 0 Å². The maximum absolute atomic E-state index is 12.0. The van der Waals surface area contributed by atoms with E-state index in [4.69, 9.17) is 27.6 Å². The number of amides is 1. The molecule has 0 aliphatic rings. The van der Waals surface area contributed by atoms with Crippen molar-refractivity contribution >= 4 is 35.3 Å². The van der Waals surface area contributed by atoms with Gasteiger partial charge in [0.1, 0.15) is 5.76 Å². The number of nitrogens with one attached hydrogen (secondary N) is 1. The van der Waals surface area contributed by atoms with Gasteiger partial charge in [-0.1, -0.05) is 29.3 Å². The minimum Gasteiger partial charge on any atom is -0.454 e. The molecule has 1 N–H and O–H groups in total. The Bertz CT molecular complexity index is 872. The molecule has 122 valence electrons. The highest BCUT2D eigenvalue weighted by Crippen LogP contribution is 2.21. The van der Waals surface area contributed by atoms with Crippen molar-refractivity contribution in [1.29, 1.82) is 0 Å². The number of halogens is 2. The molecule has 0 aliphatic heterocycles. The molecule has 1 amide bonds. The van der Waals surface area contributed by atoms with E-state index in [2.05, 4.69) is 15.6 Å². The first-order chi connectivity index (χ1) is 11.6. The van der Waals surface area contributed by atoms with Crippen molar-refractivity contribution in [3.63, 3.8) is 0 Å². The molecule has 2 heterocycles. The first-order valence-corrected chi connectivity index (χ1v) is 7.72. The molecule has 0 radical (unpaired) electrons. The second kappa shape index (κ2) is 7.33. The van der Waals surface area contributed by atoms with Crippen LogP contribution in [0.15, 0.2) is 58.3 Å². The van der Waals surface area contributed by atoms with E-state index in [0.717, 1.165) is 0 Å². The minimum absolute atomic E-state index is 0.170. The maximum atomic E-state index is 12.0. The van der Waals surface area contributed by atoms with Crippen molar-refractivity contribution in [3.8, 4) is 0 Å². The van der Waals surface area contributed by atoms with E-state index in [-0.39, 0.29) is 5.76 Å². The lowest BCUT2D eigenvalue weighted by Gasteiger charge is -1.99. The Hall–Kier alpha value is -2.57. The Balaban J connectivity index is 1.59. The number of carbonyl (C=O) groups is 1. The van der Waals surface area contributed by atoms with E-state index >= 15 is 0 Å². The van der Waals surface area contributed by atoms with Crippen molar-refractivity contribution < 1.29 is 9.21 Å². The van der Waals surface area contributed by atoms with Crippen LogP contribution in [0.1, 0.15) is 21.9 Å². The SMILES string of the molecule is O=C(NN=Cc1ccc(Cl)c(Cl)c1)c1ccc(Cn2cccn2)o1. The molecule has 0 saturated carbocycles. The molecule has 24 heavy (non-hydrogen) atoms. The minimum atomic E-state index is -0.446. The van der Waals surface area contributed by atoms with Crippen molar-refractivity contribution in [2.75, 3.05) is 0 Å². The first kappa shape index (κ1) is 16.3. The molecule has 3 aromatic rings. The van der Waals surface area contributed by atoms with Crippen LogP contribution >= 0.6 is 23.2 Å². The number of hydrogen-bond acceptors (Lipinski definition) is 4. The predicted molar refractivity (Wildman–Crippen MR) is 91.6 cm³/mol. The second-order valence-electron chi connectivity index (χ2n) is 4.84. The Morgan fingerprint density at radius 1 is 1.29 bits per heavy atom. The van der Waals surface area contributed by atoms with Crippen molar-refractivity contribution in [2.24, 2.45) is 5.10 Å². The van der Waals surface area contributed by atoms with Crippen LogP contribution in [-0.2, 0) is 6.54 Å². The Labute approximate surface area is 147 Å². The summed E-state index contributed by atoms with van der Waals surface area (Å²) in [5, 5.41) is 8.82. The van der Waals surface area contributed by atoms with Crippen LogP contribution in [0.4, 0.5) is 0 Å². The van der Waals surface area contributed by atoms with Crippen molar-refractivity contribution in [1.82, 2.24) is 15.2 Å². The summed E-state index contributed by atoms with van der Waals surface area (Å²) in [5.41, 5.74) is 3.10. The predicted octanol–water partition coefficient (Wildman–Crippen LogP) is 3.60. The number of aromatic nitrogens is 2. The van der Waals surface area contributed by atoms with Crippen LogP contribution in [0.3, 0.4) is 0 Å². The second-order valence-corrected chi connectivity index (χ2v) is 5.66. The molecule has 0 unspecified atom stereocenters. The summed E-state index contributed by atoms with van der Waals surface area (Å²) < 4.78 is 7.17. The lowest BCUT2D eigenvalue weighted by atomic mass is 10.2. The molecule has 0 aliphatic carbocycles. The van der Waals surface area contributed by atoms with E-state index in [1.807, 2.05) is 12.3 Å². The molecule has 8 heteroatoms. The van der Waals surface area contributed by atoms with Gasteiger partial charge in [0.2, 0.25) is 0 Å². The zero-order chi connectivity index (χ0) is 16.9. The van der Waals surface area contributed by atoms with Crippen LogP contribution in [-0.4, -0.2) is 21.9 Å². The lowest BCUT2D eigenvalue weighted by molar-refractivity contribution is 0.0925. The molecular weight excluding hydrogens is 351 g/mol. The fraction of sp³-hybridized carbons (Fsp3) is 0.0625. The highest BCUT2D eigenvalue weighted by atomic mass is 35.5. The summed E-state index contributed by atoms with van der Waals surface area (Å²) >= 11 is 11.7. The molecular formula is C16H12Cl2N4O2. The fourth-order valence-electron chi connectivity index (χ4n) is 1.95. The number of nitrogens with zero attached hydrogens (tertiary/aromatic N) is 3. The third kappa shape index (κ3) is 4.04. The van der Waals surface area contributed by atoms with Gasteiger partial charge in [-0.15, -0.1) is 0 Å². The molecule has 3 rings (SSSR count). The standard InChI is InChI=1S/C16H12Cl2N4O2/c17-13-4-2-11(8-14(13)18)9-19-21-16(23)15-5-3-12(24-15)10-22-7-1-6-20-22/h1-9H,10H2,(H,21,23). The average molecular weight is 363 g/mol. The zero-order valence-corrected chi connectivity index (χ0v) is 13.8. The average Bonchev–Trinajstić information content (AvgIpc) is 3.23. The fourth-order valence-corrected chi connectivity index (χ4v) is 2.26. The maximum Gasteiger partial charge on any atom is 0.307 e. The van der Waals surface area contributed by atoms with Gasteiger partial charge in [-0.05, 0) is 35.9 Å².